The van der Waals surface area contributed by atoms with Gasteiger partial charge in [0.1, 0.15) is 17.3 Å². The third kappa shape index (κ3) is 5.04. The summed E-state index contributed by atoms with van der Waals surface area (Å²) in [5.41, 5.74) is 1.67. The van der Waals surface area contributed by atoms with Crippen molar-refractivity contribution in [3.8, 4) is 11.5 Å². The van der Waals surface area contributed by atoms with Gasteiger partial charge in [-0.25, -0.2) is 9.78 Å². The van der Waals surface area contributed by atoms with Gasteiger partial charge in [-0.2, -0.15) is 0 Å². The Morgan fingerprint density at radius 3 is 2.56 bits per heavy atom. The molecule has 2 aromatic rings. The SMILES string of the molecule is C=C/C(=C\C)c1cc(Oc2ccc(NC(=O)NC(=O)C3CC4CCC3CC4)nc2)ccn1. The van der Waals surface area contributed by atoms with Crippen molar-refractivity contribution in [3.05, 3.63) is 61.1 Å². The molecule has 2 N–H and O–H groups in total. The number of imide groups is 1. The molecule has 1 unspecified atom stereocenters. The molecule has 0 aromatic carbocycles. The molecule has 5 rings (SSSR count). The monoisotopic (exact) mass is 432 g/mol. The maximum atomic E-state index is 12.5. The molecule has 3 saturated carbocycles. The minimum absolute atomic E-state index is 0.0496. The molecule has 7 nitrogen and oxygen atoms in total. The highest BCUT2D eigenvalue weighted by Crippen LogP contribution is 2.44. The fourth-order valence-corrected chi connectivity index (χ4v) is 4.70. The first-order chi connectivity index (χ1) is 15.6. The van der Waals surface area contributed by atoms with Crippen LogP contribution in [-0.4, -0.2) is 21.9 Å². The van der Waals surface area contributed by atoms with Crippen LogP contribution in [0.1, 0.15) is 44.7 Å². The molecule has 3 aliphatic carbocycles. The molecule has 32 heavy (non-hydrogen) atoms. The van der Waals surface area contributed by atoms with E-state index in [9.17, 15) is 9.59 Å². The maximum absolute atomic E-state index is 12.5. The van der Waals surface area contributed by atoms with Crippen LogP contribution in [0, 0.1) is 17.8 Å². The van der Waals surface area contributed by atoms with E-state index in [1.54, 1.807) is 30.5 Å². The summed E-state index contributed by atoms with van der Waals surface area (Å²) in [4.78, 5) is 33.3. The number of ether oxygens (including phenoxy) is 1. The standard InChI is InChI=1S/C25H28N4O3/c1-3-17(4-2)22-14-19(11-12-26-22)32-20-9-10-23(27-15-20)28-25(31)29-24(30)21-13-16-5-7-18(21)8-6-16/h3-4,9-12,14-16,18,21H,1,5-8,13H2,2H3,(H2,27,28,29,30,31)/b17-4+. The molecule has 0 radical (unpaired) electrons. The number of urea groups is 1. The van der Waals surface area contributed by atoms with Crippen LogP contribution in [-0.2, 0) is 4.79 Å². The lowest BCUT2D eigenvalue weighted by Crippen LogP contribution is -2.45. The van der Waals surface area contributed by atoms with E-state index < -0.39 is 6.03 Å². The molecule has 7 heteroatoms. The van der Waals surface area contributed by atoms with Crippen molar-refractivity contribution < 1.29 is 14.3 Å². The van der Waals surface area contributed by atoms with E-state index in [1.807, 2.05) is 19.1 Å². The van der Waals surface area contributed by atoms with Gasteiger partial charge in [0.25, 0.3) is 0 Å². The summed E-state index contributed by atoms with van der Waals surface area (Å²) in [7, 11) is 0. The molecule has 2 bridgehead atoms. The molecule has 2 heterocycles. The van der Waals surface area contributed by atoms with Crippen LogP contribution in [0.15, 0.2) is 55.4 Å². The number of pyridine rings is 2. The van der Waals surface area contributed by atoms with Crippen molar-refractivity contribution in [2.75, 3.05) is 5.32 Å². The van der Waals surface area contributed by atoms with Crippen LogP contribution in [0.4, 0.5) is 10.6 Å². The predicted octanol–water partition coefficient (Wildman–Crippen LogP) is 5.33. The van der Waals surface area contributed by atoms with E-state index in [4.69, 9.17) is 4.74 Å². The lowest BCUT2D eigenvalue weighted by Gasteiger charge is -2.41. The Labute approximate surface area is 188 Å². The minimum Gasteiger partial charge on any atom is -0.456 e. The van der Waals surface area contributed by atoms with Gasteiger partial charge in [-0.1, -0.05) is 31.6 Å². The zero-order chi connectivity index (χ0) is 22.5. The summed E-state index contributed by atoms with van der Waals surface area (Å²) in [6.07, 6.45) is 12.4. The molecular formula is C25H28N4O3. The van der Waals surface area contributed by atoms with Gasteiger partial charge in [0.05, 0.1) is 11.9 Å². The van der Waals surface area contributed by atoms with Gasteiger partial charge < -0.3 is 4.74 Å². The van der Waals surface area contributed by atoms with Crippen LogP contribution in [0.25, 0.3) is 5.57 Å². The van der Waals surface area contributed by atoms with Crippen LogP contribution in [0.2, 0.25) is 0 Å². The summed E-state index contributed by atoms with van der Waals surface area (Å²) < 4.78 is 5.84. The first-order valence-electron chi connectivity index (χ1n) is 11.1. The second-order valence-corrected chi connectivity index (χ2v) is 8.37. The Balaban J connectivity index is 1.32. The fraction of sp³-hybridized carbons (Fsp3) is 0.360. The maximum Gasteiger partial charge on any atom is 0.327 e. The molecule has 2 aromatic heterocycles. The van der Waals surface area contributed by atoms with Crippen molar-refractivity contribution in [2.24, 2.45) is 17.8 Å². The zero-order valence-electron chi connectivity index (χ0n) is 18.2. The second kappa shape index (κ2) is 9.77. The average molecular weight is 433 g/mol. The summed E-state index contributed by atoms with van der Waals surface area (Å²) >= 11 is 0. The third-order valence-electron chi connectivity index (χ3n) is 6.39. The summed E-state index contributed by atoms with van der Waals surface area (Å²) in [6.45, 7) is 5.71. The van der Waals surface area contributed by atoms with Gasteiger partial charge in [0.2, 0.25) is 5.91 Å². The Kier molecular flexibility index (Phi) is 6.63. The Morgan fingerprint density at radius 1 is 1.12 bits per heavy atom. The number of carbonyl (C=O) groups is 2. The van der Waals surface area contributed by atoms with Crippen molar-refractivity contribution in [2.45, 2.75) is 39.0 Å². The number of carbonyl (C=O) groups excluding carboxylic acids is 2. The van der Waals surface area contributed by atoms with E-state index in [2.05, 4.69) is 27.2 Å². The molecule has 3 amide bonds. The van der Waals surface area contributed by atoms with E-state index in [0.29, 0.717) is 29.2 Å². The molecule has 0 saturated heterocycles. The minimum atomic E-state index is -0.556. The molecule has 3 aliphatic rings. The number of aromatic nitrogens is 2. The zero-order valence-corrected chi connectivity index (χ0v) is 18.2. The molecule has 0 aliphatic heterocycles. The van der Waals surface area contributed by atoms with Gasteiger partial charge in [-0.05, 0) is 61.8 Å². The van der Waals surface area contributed by atoms with E-state index in [0.717, 1.165) is 30.5 Å². The Bertz CT molecular complexity index is 1020. The normalized spacial score (nSPS) is 22.2. The van der Waals surface area contributed by atoms with Crippen LogP contribution >= 0.6 is 0 Å². The van der Waals surface area contributed by atoms with Gasteiger partial charge in [0, 0.05) is 18.2 Å². The number of anilines is 1. The smallest absolute Gasteiger partial charge is 0.327 e. The van der Waals surface area contributed by atoms with Gasteiger partial charge >= 0.3 is 6.03 Å². The highest BCUT2D eigenvalue weighted by Gasteiger charge is 2.39. The quantitative estimate of drug-likeness (QED) is 0.602. The molecular weight excluding hydrogens is 404 g/mol. The van der Waals surface area contributed by atoms with Crippen molar-refractivity contribution in [1.82, 2.24) is 15.3 Å². The first kappa shape index (κ1) is 21.7. The highest BCUT2D eigenvalue weighted by atomic mass is 16.5. The second-order valence-electron chi connectivity index (χ2n) is 8.37. The lowest BCUT2D eigenvalue weighted by molar-refractivity contribution is -0.128. The predicted molar refractivity (Wildman–Crippen MR) is 123 cm³/mol. The summed E-state index contributed by atoms with van der Waals surface area (Å²) in [5.74, 6) is 2.28. The molecule has 1 atom stereocenters. The molecule has 0 spiro atoms. The highest BCUT2D eigenvalue weighted by molar-refractivity contribution is 6.01. The van der Waals surface area contributed by atoms with Gasteiger partial charge in [-0.15, -0.1) is 0 Å². The van der Waals surface area contributed by atoms with Crippen molar-refractivity contribution in [3.63, 3.8) is 0 Å². The first-order valence-corrected chi connectivity index (χ1v) is 11.1. The largest absolute Gasteiger partial charge is 0.456 e. The number of allylic oxidation sites excluding steroid dienone is 3. The number of nitrogens with one attached hydrogen (secondary N) is 2. The van der Waals surface area contributed by atoms with Crippen LogP contribution in [0.5, 0.6) is 11.5 Å². The van der Waals surface area contributed by atoms with E-state index in [1.165, 1.54) is 19.0 Å². The summed E-state index contributed by atoms with van der Waals surface area (Å²) in [5, 5.41) is 5.10. The molecule has 3 fully saturated rings. The topological polar surface area (TPSA) is 93.2 Å². The van der Waals surface area contributed by atoms with Gasteiger partial charge in [0.15, 0.2) is 0 Å². The van der Waals surface area contributed by atoms with Crippen molar-refractivity contribution >= 4 is 23.3 Å². The van der Waals surface area contributed by atoms with E-state index >= 15 is 0 Å². The Morgan fingerprint density at radius 2 is 1.94 bits per heavy atom. The fourth-order valence-electron chi connectivity index (χ4n) is 4.70. The Hall–Kier alpha value is -3.48. The van der Waals surface area contributed by atoms with Crippen LogP contribution in [0.3, 0.4) is 0 Å². The lowest BCUT2D eigenvalue weighted by atomic mass is 9.64. The number of amides is 3. The summed E-state index contributed by atoms with van der Waals surface area (Å²) in [6, 6.07) is 6.35. The third-order valence-corrected chi connectivity index (χ3v) is 6.39. The number of fused-ring (bicyclic) bond motifs is 3. The molecule has 166 valence electrons. The number of hydrogen-bond donors (Lipinski definition) is 2. The van der Waals surface area contributed by atoms with Crippen molar-refractivity contribution in [1.29, 1.82) is 0 Å². The number of hydrogen-bond acceptors (Lipinski definition) is 5. The van der Waals surface area contributed by atoms with Crippen LogP contribution < -0.4 is 15.4 Å². The van der Waals surface area contributed by atoms with E-state index in [-0.39, 0.29) is 11.8 Å². The number of nitrogens with zero attached hydrogens (tertiary/aromatic N) is 2. The van der Waals surface area contributed by atoms with Gasteiger partial charge in [-0.3, -0.25) is 20.4 Å². The average Bonchev–Trinajstić information content (AvgIpc) is 2.82. The number of rotatable bonds is 6.